The lowest BCUT2D eigenvalue weighted by Gasteiger charge is -2.38. The normalized spacial score (nSPS) is 13.2. The largest absolute Gasteiger partial charge is 0.497 e. The molecule has 168 valence electrons. The molecule has 1 heterocycles. The second-order valence-corrected chi connectivity index (χ2v) is 7.70. The van der Waals surface area contributed by atoms with Gasteiger partial charge in [-0.05, 0) is 60.7 Å². The summed E-state index contributed by atoms with van der Waals surface area (Å²) in [6.07, 6.45) is 0. The van der Waals surface area contributed by atoms with E-state index in [1.807, 2.05) is 36.4 Å². The molecule has 7 heteroatoms. The monoisotopic (exact) mass is 442 g/mol. The standard InChI is InChI=1S/C26H26N4O3/c1-32-23-10-4-20(5-11-23)26(31)28-21-6-8-22(9-7-21)29-13-15-30(16-14-29)24-12-3-19(18-27)17-25(24)33-2/h3-12,17H,13-16H2,1-2H3,(H,28,31). The van der Waals surface area contributed by atoms with Crippen LogP contribution in [0, 0.1) is 11.3 Å². The number of carbonyl (C=O) groups is 1. The van der Waals surface area contributed by atoms with Gasteiger partial charge in [-0.2, -0.15) is 5.26 Å². The van der Waals surface area contributed by atoms with Gasteiger partial charge in [0.25, 0.3) is 5.91 Å². The number of amides is 1. The summed E-state index contributed by atoms with van der Waals surface area (Å²) in [7, 11) is 3.23. The molecule has 0 aliphatic carbocycles. The molecular weight excluding hydrogens is 416 g/mol. The summed E-state index contributed by atoms with van der Waals surface area (Å²) < 4.78 is 10.6. The lowest BCUT2D eigenvalue weighted by Crippen LogP contribution is -2.46. The van der Waals surface area contributed by atoms with E-state index in [-0.39, 0.29) is 5.91 Å². The van der Waals surface area contributed by atoms with Crippen LogP contribution >= 0.6 is 0 Å². The Morgan fingerprint density at radius 3 is 2.15 bits per heavy atom. The quantitative estimate of drug-likeness (QED) is 0.618. The molecule has 0 spiro atoms. The topological polar surface area (TPSA) is 77.8 Å². The van der Waals surface area contributed by atoms with E-state index in [0.29, 0.717) is 16.9 Å². The van der Waals surface area contributed by atoms with Crippen molar-refractivity contribution >= 4 is 23.0 Å². The van der Waals surface area contributed by atoms with Crippen molar-refractivity contribution in [2.75, 3.05) is 55.5 Å². The molecule has 0 bridgehead atoms. The van der Waals surface area contributed by atoms with Crippen molar-refractivity contribution < 1.29 is 14.3 Å². The molecular formula is C26H26N4O3. The molecule has 1 saturated heterocycles. The van der Waals surface area contributed by atoms with Crippen molar-refractivity contribution in [3.05, 3.63) is 77.9 Å². The third kappa shape index (κ3) is 5.01. The molecule has 1 aliphatic rings. The highest BCUT2D eigenvalue weighted by molar-refractivity contribution is 6.04. The zero-order valence-electron chi connectivity index (χ0n) is 18.7. The van der Waals surface area contributed by atoms with Crippen molar-refractivity contribution in [1.82, 2.24) is 0 Å². The van der Waals surface area contributed by atoms with Gasteiger partial charge in [0, 0.05) is 49.2 Å². The average molecular weight is 443 g/mol. The first kappa shape index (κ1) is 22.0. The number of ether oxygens (including phenoxy) is 2. The second-order valence-electron chi connectivity index (χ2n) is 7.70. The maximum Gasteiger partial charge on any atom is 0.255 e. The van der Waals surface area contributed by atoms with E-state index in [2.05, 4.69) is 21.2 Å². The van der Waals surface area contributed by atoms with Gasteiger partial charge in [-0.3, -0.25) is 4.79 Å². The van der Waals surface area contributed by atoms with Gasteiger partial charge in [0.15, 0.2) is 0 Å². The molecule has 4 rings (SSSR count). The number of hydrogen-bond acceptors (Lipinski definition) is 6. The Labute approximate surface area is 193 Å². The molecule has 0 atom stereocenters. The predicted octanol–water partition coefficient (Wildman–Crippen LogP) is 4.15. The number of nitrogens with one attached hydrogen (secondary N) is 1. The minimum Gasteiger partial charge on any atom is -0.497 e. The maximum atomic E-state index is 12.5. The molecule has 0 unspecified atom stereocenters. The first-order valence-electron chi connectivity index (χ1n) is 10.7. The lowest BCUT2D eigenvalue weighted by molar-refractivity contribution is 0.102. The Balaban J connectivity index is 1.35. The highest BCUT2D eigenvalue weighted by atomic mass is 16.5. The Morgan fingerprint density at radius 2 is 1.55 bits per heavy atom. The van der Waals surface area contributed by atoms with E-state index < -0.39 is 0 Å². The third-order valence-corrected chi connectivity index (χ3v) is 5.77. The van der Waals surface area contributed by atoms with Crippen LogP contribution in [0.3, 0.4) is 0 Å². The van der Waals surface area contributed by atoms with Crippen LogP contribution in [0.15, 0.2) is 66.7 Å². The van der Waals surface area contributed by atoms with Gasteiger partial charge >= 0.3 is 0 Å². The van der Waals surface area contributed by atoms with Gasteiger partial charge < -0.3 is 24.6 Å². The molecule has 7 nitrogen and oxygen atoms in total. The zero-order chi connectivity index (χ0) is 23.2. The molecule has 3 aromatic rings. The van der Waals surface area contributed by atoms with Crippen LogP contribution in [0.4, 0.5) is 17.1 Å². The summed E-state index contributed by atoms with van der Waals surface area (Å²) in [4.78, 5) is 17.1. The Bertz CT molecular complexity index is 1150. The van der Waals surface area contributed by atoms with Crippen LogP contribution in [0.5, 0.6) is 11.5 Å². The van der Waals surface area contributed by atoms with E-state index in [4.69, 9.17) is 14.7 Å². The summed E-state index contributed by atoms with van der Waals surface area (Å²) in [5.74, 6) is 1.28. The van der Waals surface area contributed by atoms with E-state index >= 15 is 0 Å². The average Bonchev–Trinajstić information content (AvgIpc) is 2.89. The SMILES string of the molecule is COc1ccc(C(=O)Nc2ccc(N3CCN(c4ccc(C#N)cc4OC)CC3)cc2)cc1. The lowest BCUT2D eigenvalue weighted by atomic mass is 10.1. The van der Waals surface area contributed by atoms with E-state index in [1.165, 1.54) is 0 Å². The molecule has 0 radical (unpaired) electrons. The molecule has 0 aromatic heterocycles. The Morgan fingerprint density at radius 1 is 0.879 bits per heavy atom. The number of hydrogen-bond donors (Lipinski definition) is 1. The smallest absolute Gasteiger partial charge is 0.255 e. The van der Waals surface area contributed by atoms with E-state index in [0.717, 1.165) is 49.0 Å². The van der Waals surface area contributed by atoms with Crippen molar-refractivity contribution in [2.24, 2.45) is 0 Å². The summed E-state index contributed by atoms with van der Waals surface area (Å²) >= 11 is 0. The first-order valence-corrected chi connectivity index (χ1v) is 10.7. The van der Waals surface area contributed by atoms with Gasteiger partial charge in [-0.15, -0.1) is 0 Å². The Kier molecular flexibility index (Phi) is 6.65. The summed E-state index contributed by atoms with van der Waals surface area (Å²) in [5, 5.41) is 12.0. The van der Waals surface area contributed by atoms with Gasteiger partial charge in [0.05, 0.1) is 31.5 Å². The molecule has 1 fully saturated rings. The number of rotatable bonds is 6. The van der Waals surface area contributed by atoms with Crippen molar-refractivity contribution in [3.8, 4) is 17.6 Å². The van der Waals surface area contributed by atoms with Gasteiger partial charge in [-0.25, -0.2) is 0 Å². The maximum absolute atomic E-state index is 12.5. The molecule has 3 aromatic carbocycles. The number of nitrogens with zero attached hydrogens (tertiary/aromatic N) is 3. The Hall–Kier alpha value is -4.18. The van der Waals surface area contributed by atoms with Crippen LogP contribution in [0.25, 0.3) is 0 Å². The van der Waals surface area contributed by atoms with Crippen LogP contribution in [0.2, 0.25) is 0 Å². The highest BCUT2D eigenvalue weighted by Gasteiger charge is 2.20. The fourth-order valence-corrected chi connectivity index (χ4v) is 3.92. The number of benzene rings is 3. The second kappa shape index (κ2) is 9.96. The summed E-state index contributed by atoms with van der Waals surface area (Å²) in [6.45, 7) is 3.41. The van der Waals surface area contributed by atoms with Crippen molar-refractivity contribution in [3.63, 3.8) is 0 Å². The number of anilines is 3. The molecule has 33 heavy (non-hydrogen) atoms. The first-order chi connectivity index (χ1) is 16.1. The number of methoxy groups -OCH3 is 2. The minimum atomic E-state index is -0.157. The van der Waals surface area contributed by atoms with E-state index in [9.17, 15) is 4.79 Å². The number of piperazine rings is 1. The van der Waals surface area contributed by atoms with E-state index in [1.54, 1.807) is 44.6 Å². The fraction of sp³-hybridized carbons (Fsp3) is 0.231. The molecule has 0 saturated carbocycles. The van der Waals surface area contributed by atoms with Gasteiger partial charge in [0.2, 0.25) is 0 Å². The number of nitriles is 1. The van der Waals surface area contributed by atoms with Crippen LogP contribution < -0.4 is 24.6 Å². The van der Waals surface area contributed by atoms with Crippen LogP contribution in [-0.4, -0.2) is 46.3 Å². The van der Waals surface area contributed by atoms with Crippen molar-refractivity contribution in [2.45, 2.75) is 0 Å². The fourth-order valence-electron chi connectivity index (χ4n) is 3.92. The van der Waals surface area contributed by atoms with Gasteiger partial charge in [0.1, 0.15) is 11.5 Å². The summed E-state index contributed by atoms with van der Waals surface area (Å²) in [5.41, 5.74) is 4.04. The van der Waals surface area contributed by atoms with Crippen molar-refractivity contribution in [1.29, 1.82) is 5.26 Å². The molecule has 1 N–H and O–H groups in total. The molecule has 1 aliphatic heterocycles. The highest BCUT2D eigenvalue weighted by Crippen LogP contribution is 2.31. The minimum absolute atomic E-state index is 0.157. The van der Waals surface area contributed by atoms with Crippen LogP contribution in [-0.2, 0) is 0 Å². The molecule has 1 amide bonds. The predicted molar refractivity (Wildman–Crippen MR) is 130 cm³/mol. The third-order valence-electron chi connectivity index (χ3n) is 5.77. The van der Waals surface area contributed by atoms with Gasteiger partial charge in [-0.1, -0.05) is 0 Å². The van der Waals surface area contributed by atoms with Crippen LogP contribution in [0.1, 0.15) is 15.9 Å². The summed E-state index contributed by atoms with van der Waals surface area (Å²) in [6, 6.07) is 22.6. The number of carbonyl (C=O) groups excluding carboxylic acids is 1. The zero-order valence-corrected chi connectivity index (χ0v) is 18.7.